The highest BCUT2D eigenvalue weighted by Crippen LogP contribution is 2.33. The lowest BCUT2D eigenvalue weighted by molar-refractivity contribution is 0.626. The Morgan fingerprint density at radius 3 is 2.89 bits per heavy atom. The smallest absolute Gasteiger partial charge is 0.172 e. The molecule has 19 heavy (non-hydrogen) atoms. The molecule has 0 radical (unpaired) electrons. The van der Waals surface area contributed by atoms with Gasteiger partial charge in [-0.15, -0.1) is 0 Å². The third-order valence-corrected chi connectivity index (χ3v) is 3.78. The van der Waals surface area contributed by atoms with Gasteiger partial charge in [0.2, 0.25) is 0 Å². The molecule has 3 rings (SSSR count). The zero-order valence-corrected chi connectivity index (χ0v) is 11.0. The van der Waals surface area contributed by atoms with Crippen molar-refractivity contribution in [3.05, 3.63) is 35.4 Å². The Kier molecular flexibility index (Phi) is 3.00. The van der Waals surface area contributed by atoms with Crippen LogP contribution in [0.4, 0.5) is 10.2 Å². The van der Waals surface area contributed by atoms with Gasteiger partial charge in [-0.2, -0.15) is 0 Å². The van der Waals surface area contributed by atoms with E-state index in [0.717, 1.165) is 0 Å². The molecule has 0 bridgehead atoms. The standard InChI is InChI=1S/C11H7ClFN5S/c12-6-3-5(13)1-2-7(6)19-11-17-8-9(14)15-4-16-10(8)18-11/h1-4H,(H3,14,15,16,17,18). The molecule has 0 fully saturated rings. The van der Waals surface area contributed by atoms with E-state index < -0.39 is 0 Å². The summed E-state index contributed by atoms with van der Waals surface area (Å²) in [4.78, 5) is 15.8. The van der Waals surface area contributed by atoms with Gasteiger partial charge >= 0.3 is 0 Å². The van der Waals surface area contributed by atoms with Crippen LogP contribution in [0.5, 0.6) is 0 Å². The molecule has 0 unspecified atom stereocenters. The minimum absolute atomic E-state index is 0.304. The molecule has 0 atom stereocenters. The van der Waals surface area contributed by atoms with Crippen molar-refractivity contribution in [2.24, 2.45) is 0 Å². The number of fused-ring (bicyclic) bond motifs is 1. The van der Waals surface area contributed by atoms with Gasteiger partial charge in [-0.1, -0.05) is 23.4 Å². The molecular weight excluding hydrogens is 289 g/mol. The monoisotopic (exact) mass is 295 g/mol. The minimum atomic E-state index is -0.380. The summed E-state index contributed by atoms with van der Waals surface area (Å²) in [5.74, 6) is -0.0765. The van der Waals surface area contributed by atoms with Gasteiger partial charge in [0.15, 0.2) is 22.1 Å². The van der Waals surface area contributed by atoms with Crippen molar-refractivity contribution in [1.29, 1.82) is 0 Å². The minimum Gasteiger partial charge on any atom is -0.382 e. The van der Waals surface area contributed by atoms with Crippen LogP contribution < -0.4 is 5.73 Å². The number of anilines is 1. The van der Waals surface area contributed by atoms with Crippen LogP contribution >= 0.6 is 23.4 Å². The molecule has 0 saturated heterocycles. The largest absolute Gasteiger partial charge is 0.382 e. The van der Waals surface area contributed by atoms with E-state index in [4.69, 9.17) is 17.3 Å². The van der Waals surface area contributed by atoms with E-state index in [-0.39, 0.29) is 5.82 Å². The Balaban J connectivity index is 1.99. The highest BCUT2D eigenvalue weighted by atomic mass is 35.5. The summed E-state index contributed by atoms with van der Waals surface area (Å²) in [5, 5.41) is 0.889. The summed E-state index contributed by atoms with van der Waals surface area (Å²) >= 11 is 7.22. The first-order valence-corrected chi connectivity index (χ1v) is 6.42. The van der Waals surface area contributed by atoms with Crippen molar-refractivity contribution >= 4 is 40.3 Å². The number of imidazole rings is 1. The van der Waals surface area contributed by atoms with Crippen molar-refractivity contribution in [2.45, 2.75) is 10.1 Å². The Morgan fingerprint density at radius 1 is 1.32 bits per heavy atom. The molecule has 5 nitrogen and oxygen atoms in total. The second kappa shape index (κ2) is 4.67. The first-order chi connectivity index (χ1) is 9.13. The molecule has 0 aliphatic rings. The number of aromatic amines is 1. The Bertz CT molecular complexity index is 760. The molecule has 1 aromatic carbocycles. The first kappa shape index (κ1) is 12.2. The van der Waals surface area contributed by atoms with Crippen molar-refractivity contribution in [2.75, 3.05) is 5.73 Å². The van der Waals surface area contributed by atoms with Crippen LogP contribution in [0, 0.1) is 5.82 Å². The highest BCUT2D eigenvalue weighted by molar-refractivity contribution is 7.99. The van der Waals surface area contributed by atoms with E-state index >= 15 is 0 Å². The quantitative estimate of drug-likeness (QED) is 0.760. The molecular formula is C11H7ClFN5S. The number of hydrogen-bond donors (Lipinski definition) is 2. The lowest BCUT2D eigenvalue weighted by atomic mass is 10.3. The van der Waals surface area contributed by atoms with Gasteiger partial charge < -0.3 is 10.7 Å². The number of nitrogen functional groups attached to an aromatic ring is 1. The summed E-state index contributed by atoms with van der Waals surface area (Å²) in [6.45, 7) is 0. The summed E-state index contributed by atoms with van der Waals surface area (Å²) in [6.07, 6.45) is 1.36. The van der Waals surface area contributed by atoms with Crippen molar-refractivity contribution in [1.82, 2.24) is 19.9 Å². The summed E-state index contributed by atoms with van der Waals surface area (Å²) in [7, 11) is 0. The van der Waals surface area contributed by atoms with Crippen LogP contribution in [-0.4, -0.2) is 19.9 Å². The van der Waals surface area contributed by atoms with E-state index in [0.29, 0.717) is 32.1 Å². The maximum atomic E-state index is 13.0. The topological polar surface area (TPSA) is 80.5 Å². The van der Waals surface area contributed by atoms with Gasteiger partial charge in [0.1, 0.15) is 12.1 Å². The van der Waals surface area contributed by atoms with Crippen LogP contribution in [0.2, 0.25) is 5.02 Å². The number of rotatable bonds is 2. The second-order valence-corrected chi connectivity index (χ2v) is 5.11. The van der Waals surface area contributed by atoms with E-state index in [9.17, 15) is 4.39 Å². The van der Waals surface area contributed by atoms with E-state index in [1.165, 1.54) is 30.2 Å². The molecule has 3 N–H and O–H groups in total. The van der Waals surface area contributed by atoms with Gasteiger partial charge in [-0.25, -0.2) is 19.3 Å². The molecule has 0 aliphatic carbocycles. The number of benzene rings is 1. The van der Waals surface area contributed by atoms with E-state index in [2.05, 4.69) is 19.9 Å². The van der Waals surface area contributed by atoms with Gasteiger partial charge in [0.25, 0.3) is 0 Å². The molecule has 3 aromatic rings. The maximum Gasteiger partial charge on any atom is 0.172 e. The van der Waals surface area contributed by atoms with Crippen LogP contribution in [0.1, 0.15) is 0 Å². The number of hydrogen-bond acceptors (Lipinski definition) is 5. The molecule has 0 spiro atoms. The lowest BCUT2D eigenvalue weighted by Crippen LogP contribution is -1.91. The van der Waals surface area contributed by atoms with Crippen LogP contribution in [0.3, 0.4) is 0 Å². The van der Waals surface area contributed by atoms with Crippen molar-refractivity contribution in [3.63, 3.8) is 0 Å². The van der Waals surface area contributed by atoms with Crippen molar-refractivity contribution in [3.8, 4) is 0 Å². The Labute approximate surface area is 116 Å². The van der Waals surface area contributed by atoms with Gasteiger partial charge in [-0.3, -0.25) is 0 Å². The normalized spacial score (nSPS) is 11.1. The molecule has 0 amide bonds. The highest BCUT2D eigenvalue weighted by Gasteiger charge is 2.10. The molecule has 96 valence electrons. The van der Waals surface area contributed by atoms with Gasteiger partial charge in [0, 0.05) is 4.90 Å². The fraction of sp³-hybridized carbons (Fsp3) is 0. The molecule has 0 aliphatic heterocycles. The van der Waals surface area contributed by atoms with E-state index in [1.54, 1.807) is 6.07 Å². The third kappa shape index (κ3) is 2.34. The fourth-order valence-electron chi connectivity index (χ4n) is 1.54. The summed E-state index contributed by atoms with van der Waals surface area (Å²) in [5.41, 5.74) is 6.75. The second-order valence-electron chi connectivity index (χ2n) is 3.67. The molecule has 2 heterocycles. The Hall–Kier alpha value is -1.86. The van der Waals surface area contributed by atoms with E-state index in [1.807, 2.05) is 0 Å². The lowest BCUT2D eigenvalue weighted by Gasteiger charge is -2.00. The zero-order chi connectivity index (χ0) is 13.4. The molecule has 8 heteroatoms. The van der Waals surface area contributed by atoms with Crippen LogP contribution in [-0.2, 0) is 0 Å². The maximum absolute atomic E-state index is 13.0. The van der Waals surface area contributed by atoms with Crippen molar-refractivity contribution < 1.29 is 4.39 Å². The Morgan fingerprint density at radius 2 is 2.16 bits per heavy atom. The molecule has 2 aromatic heterocycles. The van der Waals surface area contributed by atoms with Gasteiger partial charge in [0.05, 0.1) is 5.02 Å². The number of nitrogens with one attached hydrogen (secondary N) is 1. The average Bonchev–Trinajstić information content (AvgIpc) is 2.77. The predicted octanol–water partition coefficient (Wildman–Crippen LogP) is 2.88. The number of halogens is 2. The average molecular weight is 296 g/mol. The first-order valence-electron chi connectivity index (χ1n) is 5.22. The molecule has 0 saturated carbocycles. The van der Waals surface area contributed by atoms with Crippen LogP contribution in [0.15, 0.2) is 34.6 Å². The SMILES string of the molecule is Nc1ncnc2[nH]c(Sc3ccc(F)cc3Cl)nc12. The number of H-pyrrole nitrogens is 1. The fourth-order valence-corrected chi connectivity index (χ4v) is 2.60. The third-order valence-electron chi connectivity index (χ3n) is 2.39. The number of aromatic nitrogens is 4. The zero-order valence-electron chi connectivity index (χ0n) is 9.39. The van der Waals surface area contributed by atoms with Gasteiger partial charge in [-0.05, 0) is 18.2 Å². The summed E-state index contributed by atoms with van der Waals surface area (Å²) < 4.78 is 13.0. The number of nitrogens with zero attached hydrogens (tertiary/aromatic N) is 3. The summed E-state index contributed by atoms with van der Waals surface area (Å²) in [6, 6.07) is 4.18. The number of nitrogens with two attached hydrogens (primary N) is 1. The van der Waals surface area contributed by atoms with Crippen LogP contribution in [0.25, 0.3) is 11.2 Å². The predicted molar refractivity (Wildman–Crippen MR) is 71.6 cm³/mol.